The minimum Gasteiger partial charge on any atom is -0.489 e. The van der Waals surface area contributed by atoms with Gasteiger partial charge in [-0.2, -0.15) is 0 Å². The molecular formula is C27H20O5. The molecule has 0 fully saturated rings. The number of ether oxygens (including phenoxy) is 1. The lowest BCUT2D eigenvalue weighted by molar-refractivity contribution is 0.306. The first-order chi connectivity index (χ1) is 15.5. The lowest BCUT2D eigenvalue weighted by Gasteiger charge is -2.10. The Hall–Kier alpha value is -4.12. The Morgan fingerprint density at radius 1 is 0.750 bits per heavy atom. The van der Waals surface area contributed by atoms with Crippen molar-refractivity contribution in [3.8, 4) is 16.9 Å². The number of hydrogen-bond acceptors (Lipinski definition) is 5. The topological polar surface area (TPSA) is 69.7 Å². The number of rotatable bonds is 4. The van der Waals surface area contributed by atoms with Crippen LogP contribution in [0.1, 0.15) is 16.7 Å². The van der Waals surface area contributed by atoms with Crippen molar-refractivity contribution in [2.75, 3.05) is 0 Å². The van der Waals surface area contributed by atoms with Gasteiger partial charge in [0.15, 0.2) is 0 Å². The molecule has 0 amide bonds. The van der Waals surface area contributed by atoms with Crippen molar-refractivity contribution in [2.45, 2.75) is 20.5 Å². The summed E-state index contributed by atoms with van der Waals surface area (Å²) < 4.78 is 16.8. The van der Waals surface area contributed by atoms with Gasteiger partial charge in [0.25, 0.3) is 0 Å². The maximum absolute atomic E-state index is 12.6. The second-order valence-corrected chi connectivity index (χ2v) is 7.91. The van der Waals surface area contributed by atoms with E-state index in [4.69, 9.17) is 13.6 Å². The third kappa shape index (κ3) is 3.81. The molecule has 0 saturated heterocycles. The van der Waals surface area contributed by atoms with Gasteiger partial charge in [-0.1, -0.05) is 47.5 Å². The van der Waals surface area contributed by atoms with Gasteiger partial charge >= 0.3 is 11.3 Å². The van der Waals surface area contributed by atoms with Crippen LogP contribution >= 0.6 is 0 Å². The molecule has 0 aliphatic heterocycles. The minimum absolute atomic E-state index is 0.311. The van der Waals surface area contributed by atoms with E-state index < -0.39 is 11.3 Å². The van der Waals surface area contributed by atoms with E-state index in [2.05, 4.69) is 18.2 Å². The normalized spacial score (nSPS) is 11.2. The Kier molecular flexibility index (Phi) is 4.86. The summed E-state index contributed by atoms with van der Waals surface area (Å²) >= 11 is 0. The highest BCUT2D eigenvalue weighted by molar-refractivity contribution is 5.95. The van der Waals surface area contributed by atoms with Crippen molar-refractivity contribution in [2.24, 2.45) is 0 Å². The first-order valence-corrected chi connectivity index (χ1v) is 10.3. The summed E-state index contributed by atoms with van der Waals surface area (Å²) in [6.45, 7) is 4.49. The predicted octanol–water partition coefficient (Wildman–Crippen LogP) is 5.76. The minimum atomic E-state index is -0.550. The molecule has 5 rings (SSSR count). The van der Waals surface area contributed by atoms with Crippen molar-refractivity contribution in [3.05, 3.63) is 110 Å². The van der Waals surface area contributed by atoms with E-state index in [9.17, 15) is 9.59 Å². The van der Waals surface area contributed by atoms with Crippen molar-refractivity contribution in [3.63, 3.8) is 0 Å². The van der Waals surface area contributed by atoms with Gasteiger partial charge in [-0.25, -0.2) is 9.59 Å². The molecule has 0 N–H and O–H groups in total. The summed E-state index contributed by atoms with van der Waals surface area (Å²) in [4.78, 5) is 24.9. The summed E-state index contributed by atoms with van der Waals surface area (Å²) in [7, 11) is 0. The van der Waals surface area contributed by atoms with Gasteiger partial charge in [0.1, 0.15) is 23.5 Å². The van der Waals surface area contributed by atoms with Crippen molar-refractivity contribution in [1.29, 1.82) is 0 Å². The van der Waals surface area contributed by atoms with Gasteiger partial charge in [0, 0.05) is 28.5 Å². The lowest BCUT2D eigenvalue weighted by Crippen LogP contribution is -2.06. The van der Waals surface area contributed by atoms with E-state index in [0.29, 0.717) is 40.0 Å². The van der Waals surface area contributed by atoms with E-state index in [1.165, 1.54) is 17.2 Å². The molecule has 5 aromatic rings. The molecule has 2 aromatic heterocycles. The first kappa shape index (κ1) is 19.8. The van der Waals surface area contributed by atoms with Crippen LogP contribution in [0.5, 0.6) is 5.75 Å². The van der Waals surface area contributed by atoms with Crippen LogP contribution in [0, 0.1) is 13.8 Å². The molecule has 32 heavy (non-hydrogen) atoms. The smallest absolute Gasteiger partial charge is 0.344 e. The molecule has 0 aliphatic carbocycles. The van der Waals surface area contributed by atoms with E-state index in [-0.39, 0.29) is 0 Å². The zero-order chi connectivity index (χ0) is 22.2. The Labute approximate surface area is 183 Å². The maximum Gasteiger partial charge on any atom is 0.344 e. The van der Waals surface area contributed by atoms with Crippen LogP contribution in [0.25, 0.3) is 33.1 Å². The molecule has 0 aliphatic rings. The number of para-hydroxylation sites is 1. The standard InChI is InChI=1S/C27H20O5/c1-16-9-17(2)11-18(10-16)15-30-20-7-8-21-22(14-26(28)31-25(21)13-20)23-12-19-5-3-4-6-24(19)32-27(23)29/h3-14H,15H2,1-2H3. The van der Waals surface area contributed by atoms with Gasteiger partial charge in [-0.15, -0.1) is 0 Å². The van der Waals surface area contributed by atoms with Gasteiger partial charge < -0.3 is 13.6 Å². The molecule has 5 heteroatoms. The molecule has 0 atom stereocenters. The fraction of sp³-hybridized carbons (Fsp3) is 0.111. The quantitative estimate of drug-likeness (QED) is 0.343. The molecule has 0 unspecified atom stereocenters. The molecule has 0 radical (unpaired) electrons. The monoisotopic (exact) mass is 424 g/mol. The average Bonchev–Trinajstić information content (AvgIpc) is 2.76. The molecule has 0 spiro atoms. The summed E-state index contributed by atoms with van der Waals surface area (Å²) in [5, 5.41) is 1.41. The van der Waals surface area contributed by atoms with Crippen LogP contribution in [-0.2, 0) is 6.61 Å². The molecular weight excluding hydrogens is 404 g/mol. The van der Waals surface area contributed by atoms with E-state index in [1.807, 2.05) is 26.0 Å². The van der Waals surface area contributed by atoms with Gasteiger partial charge in [0.05, 0.1) is 5.56 Å². The number of hydrogen-bond donors (Lipinski definition) is 0. The number of aryl methyl sites for hydroxylation is 2. The highest BCUT2D eigenvalue weighted by Crippen LogP contribution is 2.30. The highest BCUT2D eigenvalue weighted by atomic mass is 16.5. The summed E-state index contributed by atoms with van der Waals surface area (Å²) in [6, 6.07) is 21.8. The van der Waals surface area contributed by atoms with Gasteiger partial charge in [-0.3, -0.25) is 0 Å². The van der Waals surface area contributed by atoms with Crippen LogP contribution in [-0.4, -0.2) is 0 Å². The Morgan fingerprint density at radius 3 is 2.34 bits per heavy atom. The van der Waals surface area contributed by atoms with E-state index in [1.54, 1.807) is 36.4 Å². The largest absolute Gasteiger partial charge is 0.489 e. The van der Waals surface area contributed by atoms with Crippen molar-refractivity contribution >= 4 is 21.9 Å². The zero-order valence-electron chi connectivity index (χ0n) is 17.7. The Bertz CT molecular complexity index is 1570. The van der Waals surface area contributed by atoms with Crippen LogP contribution in [0.2, 0.25) is 0 Å². The third-order valence-corrected chi connectivity index (χ3v) is 5.33. The average molecular weight is 424 g/mol. The van der Waals surface area contributed by atoms with Crippen molar-refractivity contribution < 1.29 is 13.6 Å². The Morgan fingerprint density at radius 2 is 1.53 bits per heavy atom. The fourth-order valence-electron chi connectivity index (χ4n) is 4.02. The van der Waals surface area contributed by atoms with Gasteiger partial charge in [-0.05, 0) is 43.7 Å². The second-order valence-electron chi connectivity index (χ2n) is 7.91. The van der Waals surface area contributed by atoms with Crippen molar-refractivity contribution in [1.82, 2.24) is 0 Å². The predicted molar refractivity (Wildman–Crippen MR) is 124 cm³/mol. The highest BCUT2D eigenvalue weighted by Gasteiger charge is 2.14. The van der Waals surface area contributed by atoms with Crippen LogP contribution < -0.4 is 16.0 Å². The van der Waals surface area contributed by atoms with Gasteiger partial charge in [0.2, 0.25) is 0 Å². The zero-order valence-corrected chi connectivity index (χ0v) is 17.7. The lowest BCUT2D eigenvalue weighted by atomic mass is 10.0. The second kappa shape index (κ2) is 7.85. The fourth-order valence-corrected chi connectivity index (χ4v) is 4.02. The summed E-state index contributed by atoms with van der Waals surface area (Å²) in [5.74, 6) is 0.572. The van der Waals surface area contributed by atoms with E-state index in [0.717, 1.165) is 10.9 Å². The van der Waals surface area contributed by atoms with Crippen LogP contribution in [0.15, 0.2) is 91.2 Å². The molecule has 0 saturated carbocycles. The number of fused-ring (bicyclic) bond motifs is 2. The molecule has 3 aromatic carbocycles. The molecule has 0 bridgehead atoms. The van der Waals surface area contributed by atoms with Crippen LogP contribution in [0.3, 0.4) is 0 Å². The Balaban J connectivity index is 1.55. The maximum atomic E-state index is 12.6. The molecule has 158 valence electrons. The van der Waals surface area contributed by atoms with Crippen LogP contribution in [0.4, 0.5) is 0 Å². The summed E-state index contributed by atoms with van der Waals surface area (Å²) in [5.41, 5.74) is 3.97. The molecule has 2 heterocycles. The van der Waals surface area contributed by atoms with E-state index >= 15 is 0 Å². The number of benzene rings is 3. The third-order valence-electron chi connectivity index (χ3n) is 5.33. The first-order valence-electron chi connectivity index (χ1n) is 10.3. The molecule has 5 nitrogen and oxygen atoms in total. The summed E-state index contributed by atoms with van der Waals surface area (Å²) in [6.07, 6.45) is 0. The SMILES string of the molecule is Cc1cc(C)cc(COc2ccc3c(-c4cc5ccccc5oc4=O)cc(=O)oc3c2)c1.